The highest BCUT2D eigenvalue weighted by atomic mass is 16.3. The molecule has 2 aromatic rings. The number of rotatable bonds is 5. The lowest BCUT2D eigenvalue weighted by atomic mass is 10.1. The minimum Gasteiger partial charge on any atom is -0.469 e. The van der Waals surface area contributed by atoms with Gasteiger partial charge in [0.05, 0.1) is 6.26 Å². The molecule has 4 heteroatoms. The van der Waals surface area contributed by atoms with Gasteiger partial charge >= 0.3 is 0 Å². The van der Waals surface area contributed by atoms with E-state index in [-0.39, 0.29) is 5.91 Å². The van der Waals surface area contributed by atoms with Gasteiger partial charge in [0.1, 0.15) is 11.8 Å². The van der Waals surface area contributed by atoms with Crippen molar-refractivity contribution in [1.29, 1.82) is 0 Å². The van der Waals surface area contributed by atoms with E-state index in [1.165, 1.54) is 0 Å². The van der Waals surface area contributed by atoms with Gasteiger partial charge in [-0.1, -0.05) is 29.8 Å². The van der Waals surface area contributed by atoms with Crippen molar-refractivity contribution in [3.05, 3.63) is 59.5 Å². The summed E-state index contributed by atoms with van der Waals surface area (Å²) in [7, 11) is 0. The topological polar surface area (TPSA) is 68.3 Å². The standard InChI is InChI=1S/C15H18N2O2/c1-11-4-6-12(7-5-11)14(16)15(18)17-9-8-13-3-2-10-19-13/h2-7,10,14H,8-9,16H2,1H3,(H,17,18). The SMILES string of the molecule is Cc1ccc(C(N)C(=O)NCCc2ccco2)cc1. The maximum atomic E-state index is 11.9. The van der Waals surface area contributed by atoms with Crippen molar-refractivity contribution < 1.29 is 9.21 Å². The van der Waals surface area contributed by atoms with Crippen LogP contribution in [0.4, 0.5) is 0 Å². The molecule has 1 aromatic heterocycles. The van der Waals surface area contributed by atoms with E-state index in [0.717, 1.165) is 16.9 Å². The number of nitrogens with one attached hydrogen (secondary N) is 1. The summed E-state index contributed by atoms with van der Waals surface area (Å²) in [5.74, 6) is 0.680. The number of benzene rings is 1. The number of carbonyl (C=O) groups is 1. The number of hydrogen-bond acceptors (Lipinski definition) is 3. The highest BCUT2D eigenvalue weighted by Gasteiger charge is 2.14. The molecule has 19 heavy (non-hydrogen) atoms. The Balaban J connectivity index is 1.83. The van der Waals surface area contributed by atoms with Crippen LogP contribution in [0.3, 0.4) is 0 Å². The molecule has 0 aliphatic heterocycles. The number of hydrogen-bond donors (Lipinski definition) is 2. The summed E-state index contributed by atoms with van der Waals surface area (Å²) >= 11 is 0. The second-order valence-corrected chi connectivity index (χ2v) is 4.51. The molecule has 0 saturated carbocycles. The zero-order valence-electron chi connectivity index (χ0n) is 10.9. The molecule has 3 N–H and O–H groups in total. The lowest BCUT2D eigenvalue weighted by molar-refractivity contribution is -0.122. The van der Waals surface area contributed by atoms with Crippen molar-refractivity contribution in [3.8, 4) is 0 Å². The second kappa shape index (κ2) is 6.20. The van der Waals surface area contributed by atoms with Crippen LogP contribution in [0.5, 0.6) is 0 Å². The largest absolute Gasteiger partial charge is 0.469 e. The van der Waals surface area contributed by atoms with Gasteiger partial charge in [0, 0.05) is 13.0 Å². The van der Waals surface area contributed by atoms with E-state index >= 15 is 0 Å². The van der Waals surface area contributed by atoms with Crippen LogP contribution in [0.25, 0.3) is 0 Å². The molecule has 0 spiro atoms. The molecule has 0 fully saturated rings. The van der Waals surface area contributed by atoms with Crippen LogP contribution >= 0.6 is 0 Å². The van der Waals surface area contributed by atoms with Gasteiger partial charge in [0.15, 0.2) is 0 Å². The average Bonchev–Trinajstić information content (AvgIpc) is 2.92. The Morgan fingerprint density at radius 2 is 2.05 bits per heavy atom. The molecule has 1 aromatic carbocycles. The average molecular weight is 258 g/mol. The summed E-state index contributed by atoms with van der Waals surface area (Å²) < 4.78 is 5.19. The molecule has 0 aliphatic rings. The molecule has 0 saturated heterocycles. The van der Waals surface area contributed by atoms with Gasteiger partial charge in [-0.05, 0) is 24.6 Å². The molecule has 0 aliphatic carbocycles. The second-order valence-electron chi connectivity index (χ2n) is 4.51. The summed E-state index contributed by atoms with van der Waals surface area (Å²) in [4.78, 5) is 11.9. The first-order valence-electron chi connectivity index (χ1n) is 6.29. The summed E-state index contributed by atoms with van der Waals surface area (Å²) in [6.07, 6.45) is 2.29. The van der Waals surface area contributed by atoms with Crippen LogP contribution in [0, 0.1) is 6.92 Å². The summed E-state index contributed by atoms with van der Waals surface area (Å²) in [6, 6.07) is 10.7. The third-order valence-electron chi connectivity index (χ3n) is 2.97. The van der Waals surface area contributed by atoms with Crippen molar-refractivity contribution in [2.75, 3.05) is 6.54 Å². The number of nitrogens with two attached hydrogens (primary N) is 1. The van der Waals surface area contributed by atoms with E-state index in [0.29, 0.717) is 13.0 Å². The van der Waals surface area contributed by atoms with Crippen LogP contribution in [0.15, 0.2) is 47.1 Å². The third-order valence-corrected chi connectivity index (χ3v) is 2.97. The zero-order valence-corrected chi connectivity index (χ0v) is 10.9. The molecular formula is C15H18N2O2. The fourth-order valence-corrected chi connectivity index (χ4v) is 1.80. The summed E-state index contributed by atoms with van der Waals surface area (Å²) in [5, 5.41) is 2.81. The maximum Gasteiger partial charge on any atom is 0.241 e. The van der Waals surface area contributed by atoms with E-state index in [2.05, 4.69) is 5.32 Å². The van der Waals surface area contributed by atoms with Gasteiger partial charge in [-0.2, -0.15) is 0 Å². The molecule has 1 atom stereocenters. The predicted octanol–water partition coefficient (Wildman–Crippen LogP) is 1.95. The number of furan rings is 1. The van der Waals surface area contributed by atoms with Gasteiger partial charge in [-0.15, -0.1) is 0 Å². The van der Waals surface area contributed by atoms with Crippen molar-refractivity contribution in [3.63, 3.8) is 0 Å². The van der Waals surface area contributed by atoms with Gasteiger partial charge < -0.3 is 15.5 Å². The Kier molecular flexibility index (Phi) is 4.36. The van der Waals surface area contributed by atoms with E-state index in [1.807, 2.05) is 43.3 Å². The van der Waals surface area contributed by atoms with Gasteiger partial charge in [-0.25, -0.2) is 0 Å². The normalized spacial score (nSPS) is 12.1. The van der Waals surface area contributed by atoms with Gasteiger partial charge in [0.25, 0.3) is 0 Å². The highest BCUT2D eigenvalue weighted by molar-refractivity contribution is 5.82. The number of aryl methyl sites for hydroxylation is 1. The van der Waals surface area contributed by atoms with E-state index in [9.17, 15) is 4.79 Å². The van der Waals surface area contributed by atoms with Crippen LogP contribution in [0.1, 0.15) is 22.9 Å². The maximum absolute atomic E-state index is 11.9. The lowest BCUT2D eigenvalue weighted by Crippen LogP contribution is -2.35. The Hall–Kier alpha value is -2.07. The van der Waals surface area contributed by atoms with E-state index < -0.39 is 6.04 Å². The minimum atomic E-state index is -0.628. The molecule has 1 unspecified atom stereocenters. The Labute approximate surface area is 112 Å². The quantitative estimate of drug-likeness (QED) is 0.861. The fourth-order valence-electron chi connectivity index (χ4n) is 1.80. The first-order chi connectivity index (χ1) is 9.16. The number of amides is 1. The van der Waals surface area contributed by atoms with Crippen molar-refractivity contribution in [2.24, 2.45) is 5.73 Å². The predicted molar refractivity (Wildman–Crippen MR) is 73.5 cm³/mol. The van der Waals surface area contributed by atoms with E-state index in [4.69, 9.17) is 10.2 Å². The lowest BCUT2D eigenvalue weighted by Gasteiger charge is -2.12. The molecule has 1 amide bonds. The highest BCUT2D eigenvalue weighted by Crippen LogP contribution is 2.11. The fraction of sp³-hybridized carbons (Fsp3) is 0.267. The first kappa shape index (κ1) is 13.4. The Morgan fingerprint density at radius 3 is 2.68 bits per heavy atom. The Bertz CT molecular complexity index is 518. The first-order valence-corrected chi connectivity index (χ1v) is 6.29. The van der Waals surface area contributed by atoms with Crippen LogP contribution in [-0.2, 0) is 11.2 Å². The van der Waals surface area contributed by atoms with E-state index in [1.54, 1.807) is 6.26 Å². The van der Waals surface area contributed by atoms with Crippen LogP contribution < -0.4 is 11.1 Å². The molecule has 0 bridgehead atoms. The zero-order chi connectivity index (χ0) is 13.7. The molecule has 100 valence electrons. The molecule has 2 rings (SSSR count). The number of carbonyl (C=O) groups excluding carboxylic acids is 1. The van der Waals surface area contributed by atoms with Gasteiger partial charge in [-0.3, -0.25) is 4.79 Å². The molecular weight excluding hydrogens is 240 g/mol. The Morgan fingerprint density at radius 1 is 1.32 bits per heavy atom. The third kappa shape index (κ3) is 3.69. The monoisotopic (exact) mass is 258 g/mol. The summed E-state index contributed by atoms with van der Waals surface area (Å²) in [6.45, 7) is 2.52. The molecule has 4 nitrogen and oxygen atoms in total. The summed E-state index contributed by atoms with van der Waals surface area (Å²) in [5.41, 5.74) is 7.88. The van der Waals surface area contributed by atoms with Gasteiger partial charge in [0.2, 0.25) is 5.91 Å². The van der Waals surface area contributed by atoms with Crippen LogP contribution in [0.2, 0.25) is 0 Å². The van der Waals surface area contributed by atoms with Crippen molar-refractivity contribution in [2.45, 2.75) is 19.4 Å². The molecule has 0 radical (unpaired) electrons. The van der Waals surface area contributed by atoms with Crippen molar-refractivity contribution >= 4 is 5.91 Å². The smallest absolute Gasteiger partial charge is 0.241 e. The molecule has 1 heterocycles. The van der Waals surface area contributed by atoms with Crippen molar-refractivity contribution in [1.82, 2.24) is 5.32 Å². The van der Waals surface area contributed by atoms with Crippen LogP contribution in [-0.4, -0.2) is 12.5 Å². The minimum absolute atomic E-state index is 0.171.